The molecule has 0 aliphatic heterocycles. The van der Waals surface area contributed by atoms with Crippen molar-refractivity contribution in [3.8, 4) is 5.88 Å². The highest BCUT2D eigenvalue weighted by molar-refractivity contribution is 5.95. The van der Waals surface area contributed by atoms with E-state index in [1.807, 2.05) is 30.3 Å². The van der Waals surface area contributed by atoms with E-state index in [1.54, 1.807) is 20.8 Å². The summed E-state index contributed by atoms with van der Waals surface area (Å²) in [7, 11) is 0. The minimum Gasteiger partial charge on any atom is -0.472 e. The zero-order chi connectivity index (χ0) is 22.3. The Hall–Kier alpha value is -3.13. The number of aromatic nitrogens is 2. The number of nitrogens with zero attached hydrogens (tertiary/aromatic N) is 2. The second-order valence-corrected chi connectivity index (χ2v) is 7.78. The van der Waals surface area contributed by atoms with Gasteiger partial charge >= 0.3 is 5.97 Å². The average Bonchev–Trinajstić information content (AvgIpc) is 2.69. The number of hydrogen-bond donors (Lipinski definition) is 1. The van der Waals surface area contributed by atoms with Crippen molar-refractivity contribution in [1.82, 2.24) is 9.97 Å². The van der Waals surface area contributed by atoms with Crippen LogP contribution in [0.4, 0.5) is 0 Å². The van der Waals surface area contributed by atoms with Crippen LogP contribution in [0.3, 0.4) is 0 Å². The molecule has 0 saturated heterocycles. The van der Waals surface area contributed by atoms with Crippen LogP contribution in [0, 0.1) is 0 Å². The fourth-order valence-corrected chi connectivity index (χ4v) is 2.39. The Morgan fingerprint density at radius 1 is 1.13 bits per heavy atom. The number of rotatable bonds is 9. The van der Waals surface area contributed by atoms with Crippen LogP contribution in [-0.4, -0.2) is 44.3 Å². The quantitative estimate of drug-likeness (QED) is 0.492. The van der Waals surface area contributed by atoms with E-state index < -0.39 is 29.2 Å². The molecule has 8 heteroatoms. The number of Topliss-reactive ketones (excluding diaryl/α,β-unsaturated/α-hetero) is 2. The molecule has 0 unspecified atom stereocenters. The minimum absolute atomic E-state index is 0.00109. The lowest BCUT2D eigenvalue weighted by molar-refractivity contribution is -0.125. The summed E-state index contributed by atoms with van der Waals surface area (Å²) in [5, 5.41) is 9.58. The zero-order valence-electron chi connectivity index (χ0n) is 17.5. The van der Waals surface area contributed by atoms with E-state index in [2.05, 4.69) is 9.97 Å². The zero-order valence-corrected chi connectivity index (χ0v) is 17.5. The molecule has 0 spiro atoms. The highest BCUT2D eigenvalue weighted by Crippen LogP contribution is 2.21. The number of aliphatic hydroxyl groups is 1. The van der Waals surface area contributed by atoms with E-state index in [-0.39, 0.29) is 36.7 Å². The fourth-order valence-electron chi connectivity index (χ4n) is 2.39. The third-order valence-electron chi connectivity index (χ3n) is 3.95. The van der Waals surface area contributed by atoms with E-state index in [0.29, 0.717) is 0 Å². The lowest BCUT2D eigenvalue weighted by Gasteiger charge is -2.20. The minimum atomic E-state index is -1.22. The lowest BCUT2D eigenvalue weighted by Crippen LogP contribution is -2.25. The molecule has 0 amide bonds. The van der Waals surface area contributed by atoms with Crippen LogP contribution in [0.1, 0.15) is 67.1 Å². The van der Waals surface area contributed by atoms with Crippen molar-refractivity contribution in [1.29, 1.82) is 0 Å². The van der Waals surface area contributed by atoms with Gasteiger partial charge < -0.3 is 14.6 Å². The van der Waals surface area contributed by atoms with Crippen LogP contribution in [0.15, 0.2) is 36.5 Å². The summed E-state index contributed by atoms with van der Waals surface area (Å²) in [5.41, 5.74) is 0.121. The standard InChI is InChI=1S/C22H26N2O6/c1-14(25)17(26)10-11-18(27)19-23-12-16(21(28)30-22(2,3)4)20(24-19)29-13-15-8-6-5-7-9-15/h5-9,12,17,26H,10-11,13H2,1-4H3/t17-/m1/s1. The molecule has 0 aliphatic carbocycles. The molecule has 0 fully saturated rings. The number of ketones is 2. The topological polar surface area (TPSA) is 116 Å². The Balaban J connectivity index is 2.25. The molecule has 0 saturated carbocycles. The molecular weight excluding hydrogens is 388 g/mol. The number of benzene rings is 1. The normalized spacial score (nSPS) is 12.2. The third-order valence-corrected chi connectivity index (χ3v) is 3.95. The van der Waals surface area contributed by atoms with Gasteiger partial charge in [-0.2, -0.15) is 4.98 Å². The maximum atomic E-state index is 12.5. The van der Waals surface area contributed by atoms with Gasteiger partial charge in [0.2, 0.25) is 5.88 Å². The van der Waals surface area contributed by atoms with E-state index in [4.69, 9.17) is 9.47 Å². The molecule has 0 bridgehead atoms. The Morgan fingerprint density at radius 2 is 1.80 bits per heavy atom. The first-order valence-electron chi connectivity index (χ1n) is 9.55. The molecule has 2 aromatic rings. The van der Waals surface area contributed by atoms with Gasteiger partial charge in [0, 0.05) is 12.6 Å². The molecule has 8 nitrogen and oxygen atoms in total. The van der Waals surface area contributed by atoms with Crippen LogP contribution in [0.5, 0.6) is 5.88 Å². The van der Waals surface area contributed by atoms with Gasteiger partial charge in [-0.1, -0.05) is 30.3 Å². The smallest absolute Gasteiger partial charge is 0.345 e. The van der Waals surface area contributed by atoms with Crippen LogP contribution < -0.4 is 4.74 Å². The van der Waals surface area contributed by atoms with Crippen molar-refractivity contribution in [2.75, 3.05) is 0 Å². The maximum Gasteiger partial charge on any atom is 0.345 e. The van der Waals surface area contributed by atoms with Gasteiger partial charge in [-0.15, -0.1) is 0 Å². The van der Waals surface area contributed by atoms with Crippen molar-refractivity contribution in [3.05, 3.63) is 53.5 Å². The first-order chi connectivity index (χ1) is 14.1. The predicted molar refractivity (Wildman–Crippen MR) is 108 cm³/mol. The molecule has 1 atom stereocenters. The lowest BCUT2D eigenvalue weighted by atomic mass is 10.1. The highest BCUT2D eigenvalue weighted by atomic mass is 16.6. The number of aliphatic hydroxyl groups excluding tert-OH is 1. The molecule has 30 heavy (non-hydrogen) atoms. The number of esters is 1. The van der Waals surface area contributed by atoms with Crippen LogP contribution in [0.2, 0.25) is 0 Å². The summed E-state index contributed by atoms with van der Waals surface area (Å²) < 4.78 is 11.1. The van der Waals surface area contributed by atoms with E-state index in [0.717, 1.165) is 5.56 Å². The second-order valence-electron chi connectivity index (χ2n) is 7.78. The van der Waals surface area contributed by atoms with Gasteiger partial charge in [-0.25, -0.2) is 9.78 Å². The van der Waals surface area contributed by atoms with Gasteiger partial charge in [-0.05, 0) is 39.7 Å². The van der Waals surface area contributed by atoms with Crippen LogP contribution in [0.25, 0.3) is 0 Å². The van der Waals surface area contributed by atoms with Gasteiger partial charge in [0.05, 0.1) is 0 Å². The number of hydrogen-bond acceptors (Lipinski definition) is 8. The summed E-state index contributed by atoms with van der Waals surface area (Å²) in [6, 6.07) is 9.27. The van der Waals surface area contributed by atoms with Crippen molar-refractivity contribution < 1.29 is 29.0 Å². The number of carbonyl (C=O) groups is 3. The molecule has 2 rings (SSSR count). The monoisotopic (exact) mass is 414 g/mol. The third kappa shape index (κ3) is 7.04. The van der Waals surface area contributed by atoms with Gasteiger partial charge in [0.25, 0.3) is 0 Å². The molecule has 0 radical (unpaired) electrons. The first-order valence-corrected chi connectivity index (χ1v) is 9.55. The van der Waals surface area contributed by atoms with Crippen LogP contribution in [-0.2, 0) is 16.1 Å². The van der Waals surface area contributed by atoms with E-state index in [9.17, 15) is 19.5 Å². The summed E-state index contributed by atoms with van der Waals surface area (Å²) in [6.07, 6.45) is -0.185. The van der Waals surface area contributed by atoms with Crippen molar-refractivity contribution in [2.24, 2.45) is 0 Å². The molecule has 0 aliphatic rings. The van der Waals surface area contributed by atoms with E-state index in [1.165, 1.54) is 13.1 Å². The molecule has 1 aromatic heterocycles. The Labute approximate surface area is 175 Å². The largest absolute Gasteiger partial charge is 0.472 e. The highest BCUT2D eigenvalue weighted by Gasteiger charge is 2.25. The molecule has 1 heterocycles. The van der Waals surface area contributed by atoms with Crippen LogP contribution >= 0.6 is 0 Å². The van der Waals surface area contributed by atoms with Crippen molar-refractivity contribution in [2.45, 2.75) is 58.8 Å². The van der Waals surface area contributed by atoms with Gasteiger partial charge in [0.15, 0.2) is 17.4 Å². The molecule has 1 N–H and O–H groups in total. The number of ether oxygens (including phenoxy) is 2. The Bertz CT molecular complexity index is 906. The fraction of sp³-hybridized carbons (Fsp3) is 0.409. The van der Waals surface area contributed by atoms with E-state index >= 15 is 0 Å². The summed E-state index contributed by atoms with van der Waals surface area (Å²) in [5.74, 6) is -1.80. The molecular formula is C22H26N2O6. The Kier molecular flexibility index (Phi) is 7.77. The molecule has 160 valence electrons. The SMILES string of the molecule is CC(=O)[C@H](O)CCC(=O)c1ncc(C(=O)OC(C)(C)C)c(OCc2ccccc2)n1. The number of carbonyl (C=O) groups excluding carboxylic acids is 3. The Morgan fingerprint density at radius 3 is 2.40 bits per heavy atom. The van der Waals surface area contributed by atoms with Crippen molar-refractivity contribution >= 4 is 17.5 Å². The van der Waals surface area contributed by atoms with Gasteiger partial charge in [0.1, 0.15) is 23.9 Å². The summed E-state index contributed by atoms with van der Waals surface area (Å²) >= 11 is 0. The summed E-state index contributed by atoms with van der Waals surface area (Å²) in [6.45, 7) is 6.57. The second kappa shape index (κ2) is 10.1. The van der Waals surface area contributed by atoms with Crippen molar-refractivity contribution in [3.63, 3.8) is 0 Å². The average molecular weight is 414 g/mol. The van der Waals surface area contributed by atoms with Gasteiger partial charge in [-0.3, -0.25) is 9.59 Å². The predicted octanol–water partition coefficient (Wildman–Crippen LogP) is 2.92. The first kappa shape index (κ1) is 23.2. The molecule has 1 aromatic carbocycles. The maximum absolute atomic E-state index is 12.5. The summed E-state index contributed by atoms with van der Waals surface area (Å²) in [4.78, 5) is 44.1.